The minimum absolute atomic E-state index is 0.0569. The number of aromatic nitrogens is 1. The summed E-state index contributed by atoms with van der Waals surface area (Å²) in [6.45, 7) is 3.86. The van der Waals surface area contributed by atoms with Gasteiger partial charge in [-0.1, -0.05) is 29.3 Å². The molecule has 31 heavy (non-hydrogen) atoms. The van der Waals surface area contributed by atoms with Crippen LogP contribution in [0.15, 0.2) is 41.0 Å². The Morgan fingerprint density at radius 1 is 1.29 bits per heavy atom. The molecule has 5 nitrogen and oxygen atoms in total. The third-order valence-electron chi connectivity index (χ3n) is 5.78. The van der Waals surface area contributed by atoms with E-state index < -0.39 is 11.9 Å². The second kappa shape index (κ2) is 9.55. The first kappa shape index (κ1) is 22.1. The van der Waals surface area contributed by atoms with Gasteiger partial charge in [-0.15, -0.1) is 0 Å². The molecule has 164 valence electrons. The molecule has 2 aliphatic heterocycles. The van der Waals surface area contributed by atoms with E-state index in [4.69, 9.17) is 33.7 Å². The summed E-state index contributed by atoms with van der Waals surface area (Å²) in [5.74, 6) is 0.692. The summed E-state index contributed by atoms with van der Waals surface area (Å²) in [5.41, 5.74) is 8.69. The number of ether oxygens (including phenoxy) is 1. The molecule has 1 saturated heterocycles. The Balaban J connectivity index is 1.47. The normalized spacial score (nSPS) is 20.0. The van der Waals surface area contributed by atoms with Crippen molar-refractivity contribution >= 4 is 35.2 Å². The molecule has 2 atom stereocenters. The lowest BCUT2D eigenvalue weighted by molar-refractivity contribution is 0.227. The Morgan fingerprint density at radius 2 is 2.06 bits per heavy atom. The van der Waals surface area contributed by atoms with Gasteiger partial charge < -0.3 is 15.8 Å². The highest BCUT2D eigenvalue weighted by Gasteiger charge is 2.23. The van der Waals surface area contributed by atoms with Gasteiger partial charge in [0.05, 0.1) is 11.1 Å². The Kier molecular flexibility index (Phi) is 6.80. The molecule has 0 saturated carbocycles. The summed E-state index contributed by atoms with van der Waals surface area (Å²) < 4.78 is 19.9. The van der Waals surface area contributed by atoms with Crippen molar-refractivity contribution in [2.75, 3.05) is 18.8 Å². The van der Waals surface area contributed by atoms with E-state index in [9.17, 15) is 4.39 Å². The van der Waals surface area contributed by atoms with Crippen molar-refractivity contribution in [3.8, 4) is 5.75 Å². The predicted molar refractivity (Wildman–Crippen MR) is 124 cm³/mol. The highest BCUT2D eigenvalue weighted by Crippen LogP contribution is 2.36. The summed E-state index contributed by atoms with van der Waals surface area (Å²) in [6, 6.07) is 4.62. The zero-order chi connectivity index (χ0) is 22.0. The monoisotopic (exact) mass is 462 g/mol. The maximum absolute atomic E-state index is 13.9. The minimum Gasteiger partial charge on any atom is -0.482 e. The van der Waals surface area contributed by atoms with Crippen LogP contribution in [-0.4, -0.2) is 30.3 Å². The van der Waals surface area contributed by atoms with Crippen LogP contribution in [0.1, 0.15) is 37.0 Å². The molecule has 0 spiro atoms. The van der Waals surface area contributed by atoms with Gasteiger partial charge in [-0.25, -0.2) is 9.37 Å². The van der Waals surface area contributed by atoms with Gasteiger partial charge in [-0.3, -0.25) is 4.99 Å². The molecule has 1 fully saturated rings. The first-order valence-electron chi connectivity index (χ1n) is 10.4. The maximum atomic E-state index is 13.9. The van der Waals surface area contributed by atoms with Gasteiger partial charge in [-0.05, 0) is 68.1 Å². The van der Waals surface area contributed by atoms with Crippen molar-refractivity contribution in [2.24, 2.45) is 10.9 Å². The van der Waals surface area contributed by atoms with Crippen LogP contribution < -0.4 is 15.8 Å². The van der Waals surface area contributed by atoms with Gasteiger partial charge in [0.2, 0.25) is 0 Å². The SMILES string of the molecule is CC(Oc1cc(CC2C=C(C3CCNCC3)C=N2)cnc1N)c1c(Cl)ccc(F)c1Cl. The molecule has 0 amide bonds. The highest BCUT2D eigenvalue weighted by molar-refractivity contribution is 6.36. The summed E-state index contributed by atoms with van der Waals surface area (Å²) in [7, 11) is 0. The number of hydrogen-bond donors (Lipinski definition) is 2. The molecule has 2 aromatic rings. The van der Waals surface area contributed by atoms with Crippen LogP contribution in [0.5, 0.6) is 5.75 Å². The molecule has 3 N–H and O–H groups in total. The first-order valence-corrected chi connectivity index (χ1v) is 11.2. The van der Waals surface area contributed by atoms with Gasteiger partial charge in [0.25, 0.3) is 0 Å². The molecule has 1 aromatic heterocycles. The number of halogens is 3. The van der Waals surface area contributed by atoms with E-state index in [1.165, 1.54) is 17.7 Å². The van der Waals surface area contributed by atoms with Crippen LogP contribution in [-0.2, 0) is 6.42 Å². The summed E-state index contributed by atoms with van der Waals surface area (Å²) in [6.07, 6.45) is 8.39. The van der Waals surface area contributed by atoms with E-state index in [1.54, 1.807) is 13.1 Å². The average molecular weight is 463 g/mol. The zero-order valence-electron chi connectivity index (χ0n) is 17.2. The topological polar surface area (TPSA) is 72.5 Å². The molecular weight excluding hydrogens is 438 g/mol. The molecule has 0 bridgehead atoms. The number of piperidine rings is 1. The molecule has 8 heteroatoms. The Hall–Kier alpha value is -2.15. The van der Waals surface area contributed by atoms with Gasteiger partial charge in [-0.2, -0.15) is 0 Å². The summed E-state index contributed by atoms with van der Waals surface area (Å²) >= 11 is 12.3. The van der Waals surface area contributed by atoms with E-state index in [1.807, 2.05) is 12.3 Å². The second-order valence-electron chi connectivity index (χ2n) is 7.98. The van der Waals surface area contributed by atoms with Crippen molar-refractivity contribution in [2.45, 2.75) is 38.3 Å². The molecule has 0 aliphatic carbocycles. The van der Waals surface area contributed by atoms with Crippen molar-refractivity contribution < 1.29 is 9.13 Å². The lowest BCUT2D eigenvalue weighted by Gasteiger charge is -2.22. The van der Waals surface area contributed by atoms with Crippen molar-refractivity contribution in [3.63, 3.8) is 0 Å². The Morgan fingerprint density at radius 3 is 2.84 bits per heavy atom. The fourth-order valence-corrected chi connectivity index (χ4v) is 4.78. The number of hydrogen-bond acceptors (Lipinski definition) is 5. The van der Waals surface area contributed by atoms with E-state index >= 15 is 0 Å². The lowest BCUT2D eigenvalue weighted by Crippen LogP contribution is -2.28. The number of nitrogen functional groups attached to an aromatic ring is 1. The number of nitrogens with two attached hydrogens (primary N) is 1. The number of allylic oxidation sites excluding steroid dienone is 1. The minimum atomic E-state index is -0.606. The smallest absolute Gasteiger partial charge is 0.166 e. The van der Waals surface area contributed by atoms with Crippen LogP contribution in [0.4, 0.5) is 10.2 Å². The van der Waals surface area contributed by atoms with Crippen LogP contribution in [0.25, 0.3) is 0 Å². The molecule has 4 rings (SSSR count). The third-order valence-corrected chi connectivity index (χ3v) is 6.50. The maximum Gasteiger partial charge on any atom is 0.166 e. The summed E-state index contributed by atoms with van der Waals surface area (Å²) in [5, 5.41) is 3.67. The molecule has 2 unspecified atom stereocenters. The fourth-order valence-electron chi connectivity index (χ4n) is 4.11. The Bertz CT molecular complexity index is 1020. The number of aliphatic imine (C=N–C) groups is 1. The fraction of sp³-hybridized carbons (Fsp3) is 0.391. The standard InChI is InChI=1S/C23H25Cl2FN4O/c1-13(21-18(24)2-3-19(26)22(21)25)31-20-9-14(11-30-23(20)27)8-17-10-16(12-29-17)15-4-6-28-7-5-15/h2-3,9-13,15,17,28H,4-8H2,1H3,(H2,27,30). The molecular formula is C23H25Cl2FN4O. The number of pyridine rings is 1. The van der Waals surface area contributed by atoms with Crippen LogP contribution in [0, 0.1) is 11.7 Å². The van der Waals surface area contributed by atoms with E-state index in [0.717, 1.165) is 31.5 Å². The van der Waals surface area contributed by atoms with E-state index in [-0.39, 0.29) is 16.9 Å². The van der Waals surface area contributed by atoms with Gasteiger partial charge >= 0.3 is 0 Å². The van der Waals surface area contributed by atoms with Gasteiger partial charge in [0, 0.05) is 29.4 Å². The predicted octanol–water partition coefficient (Wildman–Crippen LogP) is 5.17. The van der Waals surface area contributed by atoms with Crippen molar-refractivity contribution in [1.29, 1.82) is 0 Å². The number of anilines is 1. The molecule has 2 aliphatic rings. The molecule has 3 heterocycles. The lowest BCUT2D eigenvalue weighted by atomic mass is 9.90. The van der Waals surface area contributed by atoms with Gasteiger partial charge in [0.15, 0.2) is 11.6 Å². The number of nitrogens with one attached hydrogen (secondary N) is 1. The van der Waals surface area contributed by atoms with Crippen LogP contribution >= 0.6 is 23.2 Å². The highest BCUT2D eigenvalue weighted by atomic mass is 35.5. The number of benzene rings is 1. The molecule has 0 radical (unpaired) electrons. The number of rotatable bonds is 6. The second-order valence-corrected chi connectivity index (χ2v) is 8.77. The molecule has 1 aromatic carbocycles. The largest absolute Gasteiger partial charge is 0.482 e. The van der Waals surface area contributed by atoms with E-state index in [0.29, 0.717) is 28.7 Å². The first-order chi connectivity index (χ1) is 14.9. The quantitative estimate of drug-likeness (QED) is 0.580. The van der Waals surface area contributed by atoms with E-state index in [2.05, 4.69) is 21.4 Å². The summed E-state index contributed by atoms with van der Waals surface area (Å²) in [4.78, 5) is 8.94. The van der Waals surface area contributed by atoms with Crippen LogP contribution in [0.2, 0.25) is 10.0 Å². The number of nitrogens with zero attached hydrogens (tertiary/aromatic N) is 2. The average Bonchev–Trinajstić information content (AvgIpc) is 3.23. The zero-order valence-corrected chi connectivity index (χ0v) is 18.8. The van der Waals surface area contributed by atoms with Gasteiger partial charge in [0.1, 0.15) is 11.9 Å². The Labute approximate surface area is 191 Å². The van der Waals surface area contributed by atoms with Crippen LogP contribution in [0.3, 0.4) is 0 Å². The van der Waals surface area contributed by atoms with Crippen molar-refractivity contribution in [3.05, 3.63) is 63.0 Å². The van der Waals surface area contributed by atoms with Crippen molar-refractivity contribution in [1.82, 2.24) is 10.3 Å². The third kappa shape index (κ3) is 5.03.